The van der Waals surface area contributed by atoms with Crippen LogP contribution in [0, 0.1) is 5.92 Å². The molecule has 2 aliphatic heterocycles. The first-order chi connectivity index (χ1) is 13.4. The Labute approximate surface area is 165 Å². The average Bonchev–Trinajstić information content (AvgIpc) is 2.98. The molecule has 2 atom stereocenters. The minimum atomic E-state index is -0.845. The van der Waals surface area contributed by atoms with E-state index >= 15 is 0 Å². The highest BCUT2D eigenvalue weighted by Crippen LogP contribution is 2.30. The van der Waals surface area contributed by atoms with Gasteiger partial charge in [0.1, 0.15) is 5.54 Å². The molecule has 2 heterocycles. The Morgan fingerprint density at radius 1 is 1.32 bits per heavy atom. The molecule has 8 heteroatoms. The van der Waals surface area contributed by atoms with Gasteiger partial charge >= 0.3 is 6.03 Å². The number of nitrogens with one attached hydrogen (secondary N) is 3. The van der Waals surface area contributed by atoms with Gasteiger partial charge in [-0.2, -0.15) is 0 Å². The molecule has 28 heavy (non-hydrogen) atoms. The first kappa shape index (κ1) is 20.1. The molecule has 2 saturated heterocycles. The lowest BCUT2D eigenvalue weighted by molar-refractivity contribution is -0.125. The summed E-state index contributed by atoms with van der Waals surface area (Å²) in [4.78, 5) is 30.5. The number of urea groups is 1. The van der Waals surface area contributed by atoms with Gasteiger partial charge in [0.2, 0.25) is 0 Å². The van der Waals surface area contributed by atoms with Crippen LogP contribution in [0.1, 0.15) is 38.4 Å². The van der Waals surface area contributed by atoms with Crippen LogP contribution < -0.4 is 16.0 Å². The van der Waals surface area contributed by atoms with Crippen molar-refractivity contribution < 1.29 is 14.7 Å². The van der Waals surface area contributed by atoms with Crippen LogP contribution in [0.3, 0.4) is 0 Å². The van der Waals surface area contributed by atoms with Crippen LogP contribution in [0.15, 0.2) is 35.3 Å². The number of carbonyl (C=O) groups is 2. The zero-order valence-electron chi connectivity index (χ0n) is 16.4. The van der Waals surface area contributed by atoms with E-state index in [1.165, 1.54) is 0 Å². The Kier molecular flexibility index (Phi) is 6.18. The fourth-order valence-electron chi connectivity index (χ4n) is 3.89. The molecule has 3 rings (SSSR count). The topological polar surface area (TPSA) is 106 Å². The maximum absolute atomic E-state index is 12.2. The second kappa shape index (κ2) is 8.60. The van der Waals surface area contributed by atoms with Gasteiger partial charge in [-0.15, -0.1) is 0 Å². The van der Waals surface area contributed by atoms with Crippen LogP contribution in [-0.2, 0) is 4.79 Å². The van der Waals surface area contributed by atoms with Gasteiger partial charge in [-0.3, -0.25) is 15.1 Å². The first-order valence-corrected chi connectivity index (χ1v) is 9.84. The number of piperidine rings is 1. The number of amides is 3. The maximum atomic E-state index is 12.2. The number of imide groups is 1. The Hall–Kier alpha value is -2.61. The van der Waals surface area contributed by atoms with Gasteiger partial charge in [0.25, 0.3) is 5.91 Å². The van der Waals surface area contributed by atoms with Crippen molar-refractivity contribution in [2.75, 3.05) is 26.2 Å². The van der Waals surface area contributed by atoms with Gasteiger partial charge in [-0.25, -0.2) is 4.79 Å². The van der Waals surface area contributed by atoms with E-state index in [0.717, 1.165) is 44.0 Å². The number of aliphatic hydroxyl groups excluding tert-OH is 1. The van der Waals surface area contributed by atoms with Crippen LogP contribution >= 0.6 is 0 Å². The van der Waals surface area contributed by atoms with Crippen molar-refractivity contribution in [2.24, 2.45) is 10.9 Å². The third-order valence-corrected chi connectivity index (χ3v) is 5.62. The summed E-state index contributed by atoms with van der Waals surface area (Å²) < 4.78 is 0. The molecular formula is C20H29N5O3. The fourth-order valence-corrected chi connectivity index (χ4v) is 3.89. The summed E-state index contributed by atoms with van der Waals surface area (Å²) in [5.74, 6) is 0.594. The molecule has 8 nitrogen and oxygen atoms in total. The molecule has 2 fully saturated rings. The SMILES string of the molecule is CCNC(=NCC(O)c1ccccc1)N1CCC(C2(C)NC(=O)NC2=O)CC1. The molecular weight excluding hydrogens is 358 g/mol. The largest absolute Gasteiger partial charge is 0.386 e. The summed E-state index contributed by atoms with van der Waals surface area (Å²) in [5.41, 5.74) is -0.000888. The predicted octanol–water partition coefficient (Wildman–Crippen LogP) is 0.996. The summed E-state index contributed by atoms with van der Waals surface area (Å²) in [6, 6.07) is 9.08. The molecule has 2 unspecified atom stereocenters. The van der Waals surface area contributed by atoms with Crippen molar-refractivity contribution >= 4 is 17.9 Å². The minimum Gasteiger partial charge on any atom is -0.386 e. The summed E-state index contributed by atoms with van der Waals surface area (Å²) in [6.45, 7) is 6.28. The highest BCUT2D eigenvalue weighted by molar-refractivity contribution is 6.07. The summed E-state index contributed by atoms with van der Waals surface area (Å²) in [5, 5.41) is 18.8. The maximum Gasteiger partial charge on any atom is 0.322 e. The lowest BCUT2D eigenvalue weighted by Gasteiger charge is -2.39. The Balaban J connectivity index is 1.61. The monoisotopic (exact) mass is 387 g/mol. The van der Waals surface area contributed by atoms with Gasteiger partial charge in [0.05, 0.1) is 12.6 Å². The number of hydrogen-bond donors (Lipinski definition) is 4. The number of likely N-dealkylation sites (tertiary alicyclic amines) is 1. The van der Waals surface area contributed by atoms with Crippen molar-refractivity contribution in [3.63, 3.8) is 0 Å². The highest BCUT2D eigenvalue weighted by atomic mass is 16.3. The number of nitrogens with zero attached hydrogens (tertiary/aromatic N) is 2. The zero-order chi connectivity index (χ0) is 20.1. The van der Waals surface area contributed by atoms with Gasteiger partial charge in [-0.05, 0) is 38.2 Å². The number of rotatable bonds is 5. The van der Waals surface area contributed by atoms with Crippen molar-refractivity contribution in [2.45, 2.75) is 38.3 Å². The van der Waals surface area contributed by atoms with E-state index < -0.39 is 17.7 Å². The Bertz CT molecular complexity index is 731. The van der Waals surface area contributed by atoms with E-state index in [0.29, 0.717) is 0 Å². The lowest BCUT2D eigenvalue weighted by Crippen LogP contribution is -2.55. The smallest absolute Gasteiger partial charge is 0.322 e. The van der Waals surface area contributed by atoms with Crippen LogP contribution in [0.2, 0.25) is 0 Å². The minimum absolute atomic E-state index is 0.0768. The zero-order valence-corrected chi connectivity index (χ0v) is 16.4. The van der Waals surface area contributed by atoms with Crippen LogP contribution in [0.25, 0.3) is 0 Å². The molecule has 0 spiro atoms. The first-order valence-electron chi connectivity index (χ1n) is 9.84. The molecule has 0 aromatic heterocycles. The van der Waals surface area contributed by atoms with Gasteiger partial charge in [0.15, 0.2) is 5.96 Å². The number of aliphatic imine (C=N–C) groups is 1. The van der Waals surface area contributed by atoms with Gasteiger partial charge < -0.3 is 20.6 Å². The molecule has 0 radical (unpaired) electrons. The normalized spacial score (nSPS) is 24.7. The van der Waals surface area contributed by atoms with Crippen molar-refractivity contribution in [3.05, 3.63) is 35.9 Å². The second-order valence-electron chi connectivity index (χ2n) is 7.49. The molecule has 3 amide bonds. The predicted molar refractivity (Wildman–Crippen MR) is 107 cm³/mol. The van der Waals surface area contributed by atoms with Crippen LogP contribution in [-0.4, -0.2) is 59.6 Å². The number of hydrogen-bond acceptors (Lipinski definition) is 4. The quantitative estimate of drug-likeness (QED) is 0.343. The Morgan fingerprint density at radius 2 is 2.00 bits per heavy atom. The molecule has 0 bridgehead atoms. The molecule has 1 aromatic carbocycles. The Morgan fingerprint density at radius 3 is 2.57 bits per heavy atom. The summed E-state index contributed by atoms with van der Waals surface area (Å²) >= 11 is 0. The summed E-state index contributed by atoms with van der Waals surface area (Å²) in [7, 11) is 0. The van der Waals surface area contributed by atoms with E-state index in [1.54, 1.807) is 6.92 Å². The molecule has 1 aromatic rings. The third-order valence-electron chi connectivity index (χ3n) is 5.62. The summed E-state index contributed by atoms with van der Waals surface area (Å²) in [6.07, 6.45) is 0.898. The van der Waals surface area contributed by atoms with Gasteiger partial charge in [0, 0.05) is 19.6 Å². The van der Waals surface area contributed by atoms with Crippen molar-refractivity contribution in [3.8, 4) is 0 Å². The molecule has 2 aliphatic rings. The van der Waals surface area contributed by atoms with E-state index in [9.17, 15) is 14.7 Å². The van der Waals surface area contributed by atoms with Crippen molar-refractivity contribution in [1.82, 2.24) is 20.9 Å². The third kappa shape index (κ3) is 4.27. The number of aliphatic hydroxyl groups is 1. The van der Waals surface area contributed by atoms with E-state index in [1.807, 2.05) is 37.3 Å². The van der Waals surface area contributed by atoms with Crippen LogP contribution in [0.4, 0.5) is 4.79 Å². The highest BCUT2D eigenvalue weighted by Gasteiger charge is 2.48. The lowest BCUT2D eigenvalue weighted by atomic mass is 9.79. The molecule has 0 aliphatic carbocycles. The van der Waals surface area contributed by atoms with Crippen LogP contribution in [0.5, 0.6) is 0 Å². The molecule has 152 valence electrons. The van der Waals surface area contributed by atoms with Gasteiger partial charge in [-0.1, -0.05) is 30.3 Å². The number of benzene rings is 1. The van der Waals surface area contributed by atoms with Crippen molar-refractivity contribution in [1.29, 1.82) is 0 Å². The van der Waals surface area contributed by atoms with E-state index in [-0.39, 0.29) is 18.4 Å². The molecule has 0 saturated carbocycles. The van der Waals surface area contributed by atoms with E-state index in [4.69, 9.17) is 0 Å². The number of carbonyl (C=O) groups excluding carboxylic acids is 2. The van der Waals surface area contributed by atoms with E-state index in [2.05, 4.69) is 25.8 Å². The fraction of sp³-hybridized carbons (Fsp3) is 0.550. The standard InChI is InChI=1S/C20H29N5O3/c1-3-21-18(22-13-16(26)14-7-5-4-6-8-14)25-11-9-15(10-12-25)20(2)17(27)23-19(28)24-20/h4-8,15-16,26H,3,9-13H2,1-2H3,(H,21,22)(H2,23,24,27,28). The number of guanidine groups is 1. The molecule has 4 N–H and O–H groups in total. The average molecular weight is 387 g/mol. The second-order valence-corrected chi connectivity index (χ2v) is 7.49.